The lowest BCUT2D eigenvalue weighted by Crippen LogP contribution is -2.19. The average molecular weight is 181 g/mol. The summed E-state index contributed by atoms with van der Waals surface area (Å²) in [6.07, 6.45) is 6.99. The molecule has 0 saturated heterocycles. The molecule has 13 heavy (non-hydrogen) atoms. The predicted molar refractivity (Wildman–Crippen MR) is 52.9 cm³/mol. The minimum absolute atomic E-state index is 0.00288. The molecule has 0 aromatic heterocycles. The third-order valence-electron chi connectivity index (χ3n) is 1.39. The summed E-state index contributed by atoms with van der Waals surface area (Å²) < 4.78 is 0. The van der Waals surface area contributed by atoms with Gasteiger partial charge in [0.25, 0.3) is 0 Å². The van der Waals surface area contributed by atoms with Crippen LogP contribution in [0.3, 0.4) is 0 Å². The molecule has 2 N–H and O–H groups in total. The Balaban J connectivity index is 4.16. The summed E-state index contributed by atoms with van der Waals surface area (Å²) >= 11 is 0. The number of amides is 1. The van der Waals surface area contributed by atoms with Crippen LogP contribution < -0.4 is 5.32 Å². The molecule has 0 atom stereocenters. The second-order valence-electron chi connectivity index (χ2n) is 2.35. The van der Waals surface area contributed by atoms with E-state index in [0.29, 0.717) is 0 Å². The molecule has 0 bridgehead atoms. The lowest BCUT2D eigenvalue weighted by atomic mass is 10.3. The van der Waals surface area contributed by atoms with E-state index in [4.69, 9.17) is 5.11 Å². The molecule has 0 aliphatic rings. The van der Waals surface area contributed by atoms with Crippen LogP contribution >= 0.6 is 0 Å². The van der Waals surface area contributed by atoms with Crippen molar-refractivity contribution in [3.8, 4) is 0 Å². The van der Waals surface area contributed by atoms with E-state index in [0.717, 1.165) is 12.1 Å². The van der Waals surface area contributed by atoms with Crippen LogP contribution in [0.15, 0.2) is 36.6 Å². The second kappa shape index (κ2) is 7.31. The maximum absolute atomic E-state index is 10.9. The predicted octanol–water partition coefficient (Wildman–Crippen LogP) is 1.13. The largest absolute Gasteiger partial charge is 0.392 e. The van der Waals surface area contributed by atoms with Gasteiger partial charge in [0.15, 0.2) is 0 Å². The third-order valence-corrected chi connectivity index (χ3v) is 1.39. The Labute approximate surface area is 78.5 Å². The van der Waals surface area contributed by atoms with Gasteiger partial charge in [-0.3, -0.25) is 4.79 Å². The average Bonchev–Trinajstić information content (AvgIpc) is 2.16. The Morgan fingerprint density at radius 2 is 2.31 bits per heavy atom. The first-order chi connectivity index (χ1) is 6.24. The molecule has 0 unspecified atom stereocenters. The fraction of sp³-hybridized carbons (Fsp3) is 0.300. The highest BCUT2D eigenvalue weighted by atomic mass is 16.2. The highest BCUT2D eigenvalue weighted by Gasteiger charge is 1.95. The van der Waals surface area contributed by atoms with E-state index in [2.05, 4.69) is 11.9 Å². The molecule has 0 spiro atoms. The van der Waals surface area contributed by atoms with Crippen LogP contribution in [0.5, 0.6) is 0 Å². The van der Waals surface area contributed by atoms with Gasteiger partial charge >= 0.3 is 0 Å². The van der Waals surface area contributed by atoms with Crippen LogP contribution in [0, 0.1) is 0 Å². The standard InChI is InChI=1S/C10H15NO2/c1-3-9(7-5-6-8-12)11-10(13)4-2/h4-7,12H,2-3,8H2,1H3,(H,11,13)/b6-5-,9-7+. The fourth-order valence-corrected chi connectivity index (χ4v) is 0.702. The van der Waals surface area contributed by atoms with E-state index in [9.17, 15) is 4.79 Å². The number of carbonyl (C=O) groups excluding carboxylic acids is 1. The van der Waals surface area contributed by atoms with Gasteiger partial charge in [-0.2, -0.15) is 0 Å². The van der Waals surface area contributed by atoms with E-state index in [-0.39, 0.29) is 12.5 Å². The van der Waals surface area contributed by atoms with E-state index < -0.39 is 0 Å². The minimum Gasteiger partial charge on any atom is -0.392 e. The van der Waals surface area contributed by atoms with Gasteiger partial charge in [0.2, 0.25) is 5.91 Å². The molecule has 0 fully saturated rings. The van der Waals surface area contributed by atoms with Crippen molar-refractivity contribution in [2.45, 2.75) is 13.3 Å². The zero-order valence-corrected chi connectivity index (χ0v) is 7.79. The summed E-state index contributed by atoms with van der Waals surface area (Å²) in [5, 5.41) is 11.1. The van der Waals surface area contributed by atoms with Gasteiger partial charge in [-0.1, -0.05) is 25.7 Å². The summed E-state index contributed by atoms with van der Waals surface area (Å²) in [6, 6.07) is 0. The topological polar surface area (TPSA) is 49.3 Å². The SMILES string of the molecule is C=CC(=O)N/C(=C/C=C\CO)CC. The highest BCUT2D eigenvalue weighted by molar-refractivity contribution is 5.88. The fourth-order valence-electron chi connectivity index (χ4n) is 0.702. The molecule has 3 heteroatoms. The summed E-state index contributed by atoms with van der Waals surface area (Å²) in [7, 11) is 0. The molecule has 0 aromatic rings. The molecule has 0 heterocycles. The number of carbonyl (C=O) groups is 1. The smallest absolute Gasteiger partial charge is 0.247 e. The number of rotatable bonds is 5. The summed E-state index contributed by atoms with van der Waals surface area (Å²) in [4.78, 5) is 10.9. The Bertz CT molecular complexity index is 229. The van der Waals surface area contributed by atoms with Gasteiger partial charge in [-0.05, 0) is 18.6 Å². The van der Waals surface area contributed by atoms with Crippen molar-refractivity contribution in [2.75, 3.05) is 6.61 Å². The van der Waals surface area contributed by atoms with Crippen molar-refractivity contribution in [3.63, 3.8) is 0 Å². The van der Waals surface area contributed by atoms with Crippen molar-refractivity contribution in [1.29, 1.82) is 0 Å². The highest BCUT2D eigenvalue weighted by Crippen LogP contribution is 1.95. The molecular weight excluding hydrogens is 166 g/mol. The van der Waals surface area contributed by atoms with E-state index in [1.807, 2.05) is 6.92 Å². The van der Waals surface area contributed by atoms with E-state index in [1.165, 1.54) is 6.08 Å². The van der Waals surface area contributed by atoms with Gasteiger partial charge in [0.1, 0.15) is 0 Å². The molecule has 0 rings (SSSR count). The Morgan fingerprint density at radius 1 is 1.62 bits per heavy atom. The zero-order valence-electron chi connectivity index (χ0n) is 7.79. The molecule has 72 valence electrons. The molecule has 0 aliphatic carbocycles. The number of aliphatic hydroxyl groups is 1. The van der Waals surface area contributed by atoms with Gasteiger partial charge in [0.05, 0.1) is 6.61 Å². The van der Waals surface area contributed by atoms with Crippen molar-refractivity contribution in [3.05, 3.63) is 36.6 Å². The van der Waals surface area contributed by atoms with Crippen LogP contribution in [0.4, 0.5) is 0 Å². The van der Waals surface area contributed by atoms with Crippen LogP contribution in [0.2, 0.25) is 0 Å². The number of aliphatic hydroxyl groups excluding tert-OH is 1. The second-order valence-corrected chi connectivity index (χ2v) is 2.35. The van der Waals surface area contributed by atoms with Crippen molar-refractivity contribution in [1.82, 2.24) is 5.32 Å². The third kappa shape index (κ3) is 5.87. The van der Waals surface area contributed by atoms with Crippen molar-refractivity contribution >= 4 is 5.91 Å². The first kappa shape index (κ1) is 11.6. The molecule has 0 aromatic carbocycles. The summed E-state index contributed by atoms with van der Waals surface area (Å²) in [5.74, 6) is -0.217. The number of hydrogen-bond acceptors (Lipinski definition) is 2. The molecule has 0 radical (unpaired) electrons. The van der Waals surface area contributed by atoms with Gasteiger partial charge in [0, 0.05) is 5.70 Å². The summed E-state index contributed by atoms with van der Waals surface area (Å²) in [6.45, 7) is 5.28. The Hall–Kier alpha value is -1.35. The molecule has 0 aliphatic heterocycles. The van der Waals surface area contributed by atoms with E-state index in [1.54, 1.807) is 18.2 Å². The molecular formula is C10H15NO2. The van der Waals surface area contributed by atoms with Crippen LogP contribution in [-0.4, -0.2) is 17.6 Å². The maximum atomic E-state index is 10.9. The first-order valence-electron chi connectivity index (χ1n) is 4.14. The number of allylic oxidation sites excluding steroid dienone is 3. The van der Waals surface area contributed by atoms with Crippen molar-refractivity contribution in [2.24, 2.45) is 0 Å². The van der Waals surface area contributed by atoms with Crippen LogP contribution in [-0.2, 0) is 4.79 Å². The molecule has 0 saturated carbocycles. The van der Waals surface area contributed by atoms with Crippen molar-refractivity contribution < 1.29 is 9.90 Å². The summed E-state index contributed by atoms with van der Waals surface area (Å²) in [5.41, 5.74) is 0.801. The number of hydrogen-bond donors (Lipinski definition) is 2. The van der Waals surface area contributed by atoms with Gasteiger partial charge in [-0.25, -0.2) is 0 Å². The lowest BCUT2D eigenvalue weighted by Gasteiger charge is -2.02. The van der Waals surface area contributed by atoms with E-state index >= 15 is 0 Å². The minimum atomic E-state index is -0.217. The van der Waals surface area contributed by atoms with Crippen LogP contribution in [0.1, 0.15) is 13.3 Å². The Morgan fingerprint density at radius 3 is 2.77 bits per heavy atom. The monoisotopic (exact) mass is 181 g/mol. The zero-order chi connectivity index (χ0) is 10.1. The van der Waals surface area contributed by atoms with Gasteiger partial charge in [-0.15, -0.1) is 0 Å². The quantitative estimate of drug-likeness (QED) is 0.493. The maximum Gasteiger partial charge on any atom is 0.247 e. The van der Waals surface area contributed by atoms with Crippen LogP contribution in [0.25, 0.3) is 0 Å². The molecule has 3 nitrogen and oxygen atoms in total. The Kier molecular flexibility index (Phi) is 6.55. The first-order valence-corrected chi connectivity index (χ1v) is 4.14. The normalized spacial score (nSPS) is 11.7. The number of nitrogens with one attached hydrogen (secondary N) is 1. The van der Waals surface area contributed by atoms with Gasteiger partial charge < -0.3 is 10.4 Å². The molecule has 1 amide bonds. The lowest BCUT2D eigenvalue weighted by molar-refractivity contribution is -0.115.